The molecule has 0 radical (unpaired) electrons. The number of carbonyl (C=O) groups excluding carboxylic acids is 1. The molecule has 486 valence electrons. The highest BCUT2D eigenvalue weighted by molar-refractivity contribution is 5.77. The Morgan fingerprint density at radius 3 is 1.16 bits per heavy atom. The van der Waals surface area contributed by atoms with Crippen molar-refractivity contribution in [3.8, 4) is 0 Å². The second-order valence-corrected chi connectivity index (χ2v) is 25.8. The van der Waals surface area contributed by atoms with Crippen molar-refractivity contribution in [2.75, 3.05) is 13.2 Å². The van der Waals surface area contributed by atoms with Crippen molar-refractivity contribution in [3.05, 3.63) is 144 Å². The lowest BCUT2D eigenvalue weighted by Gasteiger charge is -2.46. The lowest BCUT2D eigenvalue weighted by molar-refractivity contribution is -0.330. The molecule has 0 aromatic heterocycles. The minimum absolute atomic E-state index is 0.0431. The Morgan fingerprint density at radius 2 is 0.759 bits per heavy atom. The van der Waals surface area contributed by atoms with E-state index in [0.29, 0.717) is 32.7 Å². The van der Waals surface area contributed by atoms with Crippen LogP contribution in [0.25, 0.3) is 0 Å². The van der Waals surface area contributed by atoms with Gasteiger partial charge in [0.2, 0.25) is 5.91 Å². The highest BCUT2D eigenvalue weighted by Crippen LogP contribution is 2.35. The second kappa shape index (κ2) is 47.1. The van der Waals surface area contributed by atoms with Gasteiger partial charge in [0.15, 0.2) is 6.29 Å². The molecule has 2 aliphatic rings. The highest BCUT2D eigenvalue weighted by Gasteiger charge is 2.50. The van der Waals surface area contributed by atoms with Gasteiger partial charge >= 0.3 is 0 Å². The largest absolute Gasteiger partial charge is 0.391 e. The van der Waals surface area contributed by atoms with E-state index in [0.717, 1.165) is 60.8 Å². The quantitative estimate of drug-likeness (QED) is 0.0437. The molecule has 87 heavy (non-hydrogen) atoms. The fraction of sp³-hybridized carbons (Fsp3) is 0.679. The molecule has 0 aliphatic carbocycles. The first-order valence-electron chi connectivity index (χ1n) is 35.9. The summed E-state index contributed by atoms with van der Waals surface area (Å²) in [6.07, 6.45) is 42.5. The second-order valence-electron chi connectivity index (χ2n) is 25.8. The molecule has 1 N–H and O–H groups in total. The zero-order chi connectivity index (χ0) is 60.9. The van der Waals surface area contributed by atoms with Crippen LogP contribution in [0.2, 0.25) is 0 Å². The lowest BCUT2D eigenvalue weighted by Crippen LogP contribution is -2.62. The minimum Gasteiger partial charge on any atom is -0.391 e. The van der Waals surface area contributed by atoms with E-state index < -0.39 is 42.9 Å². The van der Waals surface area contributed by atoms with Crippen molar-refractivity contribution in [1.29, 1.82) is 0 Å². The van der Waals surface area contributed by atoms with Crippen LogP contribution in [0, 0.1) is 0 Å². The van der Waals surface area contributed by atoms with E-state index in [1.54, 1.807) is 0 Å². The number of likely N-dealkylation sites (tertiary alicyclic amines) is 1. The van der Waals surface area contributed by atoms with Crippen LogP contribution in [0.4, 0.5) is 0 Å². The fourth-order valence-electron chi connectivity index (χ4n) is 13.2. The first kappa shape index (κ1) is 72.1. The average molecular weight is 1200 g/mol. The number of carbonyl (C=O) groups is 1. The van der Waals surface area contributed by atoms with Gasteiger partial charge in [0.05, 0.1) is 51.8 Å². The van der Waals surface area contributed by atoms with Crippen LogP contribution >= 0.6 is 0 Å². The third kappa shape index (κ3) is 30.2. The van der Waals surface area contributed by atoms with Gasteiger partial charge < -0.3 is 38.4 Å². The van der Waals surface area contributed by atoms with Gasteiger partial charge in [0.25, 0.3) is 0 Å². The number of rotatable bonds is 52. The summed E-state index contributed by atoms with van der Waals surface area (Å²) < 4.78 is 41.5. The van der Waals surface area contributed by atoms with Crippen LogP contribution in [0.3, 0.4) is 0 Å². The molecule has 0 saturated carbocycles. The predicted octanol–water partition coefficient (Wildman–Crippen LogP) is 20.1. The molecule has 0 bridgehead atoms. The average Bonchev–Trinajstić information content (AvgIpc) is 2.15. The summed E-state index contributed by atoms with van der Waals surface area (Å²) in [7, 11) is 0. The minimum atomic E-state index is -0.935. The van der Waals surface area contributed by atoms with E-state index in [2.05, 4.69) is 62.4 Å². The van der Waals surface area contributed by atoms with Gasteiger partial charge in [0, 0.05) is 12.5 Å². The van der Waals surface area contributed by atoms with Crippen molar-refractivity contribution in [3.63, 3.8) is 0 Å². The van der Waals surface area contributed by atoms with Gasteiger partial charge in [-0.15, -0.1) is 0 Å². The molecular weight excluding hydrogens is 1080 g/mol. The molecule has 9 heteroatoms. The molecule has 6 rings (SSSR count). The van der Waals surface area contributed by atoms with E-state index >= 15 is 0 Å². The zero-order valence-electron chi connectivity index (χ0n) is 54.8. The van der Waals surface area contributed by atoms with Gasteiger partial charge in [-0.3, -0.25) is 4.79 Å². The Labute approximate surface area is 530 Å². The summed E-state index contributed by atoms with van der Waals surface area (Å²) in [5.41, 5.74) is 4.12. The topological polar surface area (TPSA) is 95.9 Å². The molecule has 2 saturated heterocycles. The Hall–Kier alpha value is -3.93. The normalized spacial score (nSPS) is 20.4. The number of ether oxygens (including phenoxy) is 6. The third-order valence-corrected chi connectivity index (χ3v) is 18.4. The van der Waals surface area contributed by atoms with Gasteiger partial charge in [-0.25, -0.2) is 0 Å². The van der Waals surface area contributed by atoms with Crippen molar-refractivity contribution in [1.82, 2.24) is 4.90 Å². The van der Waals surface area contributed by atoms with Gasteiger partial charge in [-0.1, -0.05) is 347 Å². The maximum atomic E-state index is 14.7. The number of nitrogens with zero attached hydrogens (tertiary/aromatic N) is 1. The summed E-state index contributed by atoms with van der Waals surface area (Å²) >= 11 is 0. The number of aliphatic hydroxyl groups is 1. The molecule has 2 aliphatic heterocycles. The number of hydrogen-bond acceptors (Lipinski definition) is 8. The molecule has 2 fully saturated rings. The third-order valence-electron chi connectivity index (χ3n) is 18.4. The van der Waals surface area contributed by atoms with E-state index in [1.807, 2.05) is 77.7 Å². The number of amides is 1. The fourth-order valence-corrected chi connectivity index (χ4v) is 13.2. The summed E-state index contributed by atoms with van der Waals surface area (Å²) in [4.78, 5) is 16.8. The van der Waals surface area contributed by atoms with E-state index in [9.17, 15) is 9.90 Å². The van der Waals surface area contributed by atoms with Crippen LogP contribution in [0.5, 0.6) is 0 Å². The lowest BCUT2D eigenvalue weighted by atomic mass is 9.97. The molecule has 0 spiro atoms. The van der Waals surface area contributed by atoms with Crippen molar-refractivity contribution in [2.24, 2.45) is 0 Å². The van der Waals surface area contributed by atoms with Crippen LogP contribution < -0.4 is 0 Å². The number of unbranched alkanes of at least 4 members (excludes halogenated alkanes) is 32. The Morgan fingerprint density at radius 1 is 0.414 bits per heavy atom. The molecule has 2 heterocycles. The number of aliphatic hydroxyl groups excluding tert-OH is 1. The summed E-state index contributed by atoms with van der Waals surface area (Å²) in [5.74, 6) is 0.129. The highest BCUT2D eigenvalue weighted by atomic mass is 16.7. The van der Waals surface area contributed by atoms with Crippen LogP contribution in [0.15, 0.2) is 121 Å². The first-order chi connectivity index (χ1) is 43.0. The van der Waals surface area contributed by atoms with E-state index in [4.69, 9.17) is 28.4 Å². The smallest absolute Gasteiger partial charge is 0.223 e. The Kier molecular flexibility index (Phi) is 39.0. The molecule has 5 unspecified atom stereocenters. The Bertz CT molecular complexity index is 2220. The molecule has 4 aromatic carbocycles. The molecular formula is C78H121NO8. The van der Waals surface area contributed by atoms with Crippen LogP contribution in [-0.4, -0.2) is 78.0 Å². The molecule has 1 amide bonds. The predicted molar refractivity (Wildman–Crippen MR) is 358 cm³/mol. The molecule has 8 atom stereocenters. The summed E-state index contributed by atoms with van der Waals surface area (Å²) in [6.45, 7) is 6.21. The van der Waals surface area contributed by atoms with Crippen molar-refractivity contribution in [2.45, 2.75) is 327 Å². The Balaban J connectivity index is 1.06. The monoisotopic (exact) mass is 1200 g/mol. The van der Waals surface area contributed by atoms with Crippen molar-refractivity contribution < 1.29 is 38.3 Å². The summed E-state index contributed by atoms with van der Waals surface area (Å²) in [5, 5.41) is 12.1. The first-order valence-corrected chi connectivity index (χ1v) is 35.9. The number of hydrogen-bond donors (Lipinski definition) is 1. The molecule has 9 nitrogen and oxygen atoms in total. The van der Waals surface area contributed by atoms with Gasteiger partial charge in [-0.2, -0.15) is 0 Å². The van der Waals surface area contributed by atoms with Gasteiger partial charge in [0.1, 0.15) is 24.4 Å². The standard InChI is InChI=1S/C78H121NO8/c1-3-5-7-9-11-13-15-16-17-18-19-20-21-22-23-24-25-26-28-30-32-34-48-58-74(81)79-70(57-47-33-31-29-27-14-12-10-8-6-4-2)59-72(80)71(79)64-86-78-77(85-63-69-55-45-38-46-56-69)76(84-62-68-53-43-37-44-54-68)75(83-61-67-51-41-36-42-52-67)73(87-78)65-82-60-66-49-39-35-40-50-66/h35-46,49-56,70-73,75-78,80H,3-34,47-48,57-65H2,1-2H3/t70-,71-,72+,73?,75?,76?,77?,78?/m0/s1. The van der Waals surface area contributed by atoms with Gasteiger partial charge in [-0.05, 0) is 41.5 Å². The zero-order valence-corrected chi connectivity index (χ0v) is 54.8. The SMILES string of the molecule is CCCCCCCCCCCCCCCCCCCCCCCCCC(=O)N1[C@@H](CCCCCCCCCCCCC)C[C@@H](O)[C@@H]1COC1OC(COCc2ccccc2)C(OCc2ccccc2)C(OCc2ccccc2)C1OCc1ccccc1. The summed E-state index contributed by atoms with van der Waals surface area (Å²) in [6, 6.07) is 40.1. The van der Waals surface area contributed by atoms with Crippen molar-refractivity contribution >= 4 is 5.91 Å². The van der Waals surface area contributed by atoms with E-state index in [-0.39, 0.29) is 31.8 Å². The van der Waals surface area contributed by atoms with Crippen LogP contribution in [0.1, 0.15) is 274 Å². The maximum absolute atomic E-state index is 14.7. The molecule has 4 aromatic rings. The number of benzene rings is 4. The van der Waals surface area contributed by atoms with E-state index in [1.165, 1.54) is 186 Å². The van der Waals surface area contributed by atoms with Crippen LogP contribution in [-0.2, 0) is 59.6 Å². The maximum Gasteiger partial charge on any atom is 0.223 e.